The first-order chi connectivity index (χ1) is 14.0. The number of benzene rings is 1. The monoisotopic (exact) mass is 404 g/mol. The molecule has 0 aliphatic carbocycles. The van der Waals surface area contributed by atoms with Gasteiger partial charge in [-0.3, -0.25) is 14.5 Å². The second-order valence-electron chi connectivity index (χ2n) is 7.51. The number of rotatable bonds is 4. The van der Waals surface area contributed by atoms with Crippen molar-refractivity contribution in [2.45, 2.75) is 18.9 Å². The number of piperazine rings is 1. The van der Waals surface area contributed by atoms with E-state index in [1.54, 1.807) is 28.0 Å². The predicted molar refractivity (Wildman–Crippen MR) is 103 cm³/mol. The Morgan fingerprint density at radius 3 is 2.45 bits per heavy atom. The number of hydrogen-bond acceptors (Lipinski definition) is 4. The van der Waals surface area contributed by atoms with Crippen LogP contribution in [0.2, 0.25) is 0 Å². The van der Waals surface area contributed by atoms with Crippen molar-refractivity contribution < 1.29 is 23.5 Å². The number of anilines is 1. The summed E-state index contributed by atoms with van der Waals surface area (Å²) in [5.74, 6) is -0.608. The summed E-state index contributed by atoms with van der Waals surface area (Å²) in [4.78, 5) is 43.9. The molecule has 1 aromatic rings. The molecule has 0 saturated carbocycles. The van der Waals surface area contributed by atoms with Crippen LogP contribution in [0.5, 0.6) is 0 Å². The largest absolute Gasteiger partial charge is 0.368 e. The molecule has 0 spiro atoms. The summed E-state index contributed by atoms with van der Waals surface area (Å²) in [5, 5.41) is 0. The number of ether oxygens (including phenoxy) is 1. The smallest absolute Gasteiger partial charge is 0.325 e. The Bertz CT molecular complexity index is 790. The van der Waals surface area contributed by atoms with Gasteiger partial charge in [0, 0.05) is 45.9 Å². The van der Waals surface area contributed by atoms with Crippen molar-refractivity contribution in [1.29, 1.82) is 0 Å². The fourth-order valence-corrected chi connectivity index (χ4v) is 4.04. The molecule has 0 bridgehead atoms. The van der Waals surface area contributed by atoms with Crippen LogP contribution in [0.3, 0.4) is 0 Å². The van der Waals surface area contributed by atoms with Crippen molar-refractivity contribution in [1.82, 2.24) is 14.7 Å². The predicted octanol–water partition coefficient (Wildman–Crippen LogP) is 0.917. The summed E-state index contributed by atoms with van der Waals surface area (Å²) in [6.45, 7) is 3.13. The Balaban J connectivity index is 1.28. The third-order valence-electron chi connectivity index (χ3n) is 5.71. The van der Waals surface area contributed by atoms with Gasteiger partial charge >= 0.3 is 6.03 Å². The lowest BCUT2D eigenvalue weighted by Gasteiger charge is -2.36. The van der Waals surface area contributed by atoms with Crippen molar-refractivity contribution in [3.05, 3.63) is 30.1 Å². The van der Waals surface area contributed by atoms with E-state index in [1.807, 2.05) is 0 Å². The SMILES string of the molecule is O=C(CN1CCN(c2ccccc2F)C1=O)N1CCN(C(=O)C2CCCO2)CC1. The maximum Gasteiger partial charge on any atom is 0.325 e. The van der Waals surface area contributed by atoms with Crippen LogP contribution in [-0.4, -0.2) is 91.1 Å². The summed E-state index contributed by atoms with van der Waals surface area (Å²) in [5.41, 5.74) is 0.230. The number of carbonyl (C=O) groups is 3. The molecule has 3 fully saturated rings. The fraction of sp³-hybridized carbons (Fsp3) is 0.550. The maximum absolute atomic E-state index is 14.0. The minimum absolute atomic E-state index is 0.00449. The van der Waals surface area contributed by atoms with Crippen LogP contribution in [0.25, 0.3) is 0 Å². The second kappa shape index (κ2) is 8.36. The van der Waals surface area contributed by atoms with Gasteiger partial charge in [0.15, 0.2) is 0 Å². The fourth-order valence-electron chi connectivity index (χ4n) is 4.04. The van der Waals surface area contributed by atoms with E-state index in [2.05, 4.69) is 0 Å². The van der Waals surface area contributed by atoms with Crippen LogP contribution in [-0.2, 0) is 14.3 Å². The van der Waals surface area contributed by atoms with Gasteiger partial charge in [-0.15, -0.1) is 0 Å². The van der Waals surface area contributed by atoms with E-state index in [9.17, 15) is 18.8 Å². The van der Waals surface area contributed by atoms with Crippen molar-refractivity contribution in [2.75, 3.05) is 57.3 Å². The molecule has 9 heteroatoms. The zero-order valence-electron chi connectivity index (χ0n) is 16.3. The van der Waals surface area contributed by atoms with E-state index in [1.165, 1.54) is 15.9 Å². The molecule has 3 heterocycles. The topological polar surface area (TPSA) is 73.4 Å². The van der Waals surface area contributed by atoms with Crippen molar-refractivity contribution in [2.24, 2.45) is 0 Å². The van der Waals surface area contributed by atoms with Gasteiger partial charge in [0.2, 0.25) is 5.91 Å². The average molecular weight is 404 g/mol. The van der Waals surface area contributed by atoms with Crippen LogP contribution >= 0.6 is 0 Å². The summed E-state index contributed by atoms with van der Waals surface area (Å²) < 4.78 is 19.4. The summed E-state index contributed by atoms with van der Waals surface area (Å²) >= 11 is 0. The van der Waals surface area contributed by atoms with Gasteiger partial charge < -0.3 is 19.4 Å². The molecule has 1 atom stereocenters. The van der Waals surface area contributed by atoms with Crippen molar-refractivity contribution in [3.63, 3.8) is 0 Å². The molecule has 8 nitrogen and oxygen atoms in total. The molecule has 0 aromatic heterocycles. The minimum Gasteiger partial charge on any atom is -0.368 e. The maximum atomic E-state index is 14.0. The highest BCUT2D eigenvalue weighted by Gasteiger charge is 2.35. The van der Waals surface area contributed by atoms with Crippen molar-refractivity contribution >= 4 is 23.5 Å². The van der Waals surface area contributed by atoms with E-state index in [0.29, 0.717) is 45.9 Å². The molecule has 29 heavy (non-hydrogen) atoms. The van der Waals surface area contributed by atoms with Crippen molar-refractivity contribution in [3.8, 4) is 0 Å². The van der Waals surface area contributed by atoms with E-state index in [4.69, 9.17) is 4.74 Å². The first-order valence-electron chi connectivity index (χ1n) is 10.0. The third-order valence-corrected chi connectivity index (χ3v) is 5.71. The molecular weight excluding hydrogens is 379 g/mol. The van der Waals surface area contributed by atoms with Crippen LogP contribution < -0.4 is 4.90 Å². The van der Waals surface area contributed by atoms with Crippen LogP contribution in [0.4, 0.5) is 14.9 Å². The zero-order valence-corrected chi connectivity index (χ0v) is 16.3. The van der Waals surface area contributed by atoms with E-state index in [0.717, 1.165) is 12.8 Å². The van der Waals surface area contributed by atoms with Crippen LogP contribution in [0, 0.1) is 5.82 Å². The van der Waals surface area contributed by atoms with Gasteiger partial charge in [0.1, 0.15) is 18.5 Å². The molecule has 1 aromatic carbocycles. The minimum atomic E-state index is -0.457. The van der Waals surface area contributed by atoms with E-state index < -0.39 is 5.82 Å². The number of urea groups is 1. The standard InChI is InChI=1S/C20H25FN4O4/c21-15-4-1-2-5-16(15)25-12-11-24(20(25)28)14-18(26)22-7-9-23(10-8-22)19(27)17-6-3-13-29-17/h1-2,4-5,17H,3,6-14H2. The molecule has 4 rings (SSSR count). The van der Waals surface area contributed by atoms with Gasteiger partial charge in [-0.1, -0.05) is 12.1 Å². The number of hydrogen-bond donors (Lipinski definition) is 0. The lowest BCUT2D eigenvalue weighted by atomic mass is 10.2. The molecule has 0 N–H and O–H groups in total. The molecule has 156 valence electrons. The molecule has 0 radical (unpaired) electrons. The van der Waals surface area contributed by atoms with Gasteiger partial charge in [-0.05, 0) is 25.0 Å². The molecule has 3 saturated heterocycles. The first kappa shape index (κ1) is 19.6. The van der Waals surface area contributed by atoms with Gasteiger partial charge in [-0.25, -0.2) is 9.18 Å². The summed E-state index contributed by atoms with van der Waals surface area (Å²) in [6.07, 6.45) is 1.32. The molecule has 1 unspecified atom stereocenters. The Labute approximate surface area is 168 Å². The Morgan fingerprint density at radius 1 is 1.03 bits per heavy atom. The quantitative estimate of drug-likeness (QED) is 0.748. The van der Waals surface area contributed by atoms with Crippen LogP contribution in [0.15, 0.2) is 24.3 Å². The number of carbonyl (C=O) groups excluding carboxylic acids is 3. The first-order valence-corrected chi connectivity index (χ1v) is 10.0. The van der Waals surface area contributed by atoms with E-state index >= 15 is 0 Å². The number of nitrogens with zero attached hydrogens (tertiary/aromatic N) is 4. The number of halogens is 1. The molecule has 4 amide bonds. The highest BCUT2D eigenvalue weighted by molar-refractivity contribution is 5.96. The Morgan fingerprint density at radius 2 is 1.76 bits per heavy atom. The third kappa shape index (κ3) is 4.05. The van der Waals surface area contributed by atoms with Gasteiger partial charge in [-0.2, -0.15) is 0 Å². The Kier molecular flexibility index (Phi) is 5.66. The normalized spacial score (nSPS) is 22.5. The molecule has 3 aliphatic heterocycles. The lowest BCUT2D eigenvalue weighted by Crippen LogP contribution is -2.54. The molecule has 3 aliphatic rings. The van der Waals surface area contributed by atoms with Gasteiger partial charge in [0.25, 0.3) is 5.91 Å². The lowest BCUT2D eigenvalue weighted by molar-refractivity contribution is -0.146. The average Bonchev–Trinajstić information content (AvgIpc) is 3.39. The molecular formula is C20H25FN4O4. The van der Waals surface area contributed by atoms with Gasteiger partial charge in [0.05, 0.1) is 5.69 Å². The summed E-state index contributed by atoms with van der Waals surface area (Å²) in [7, 11) is 0. The second-order valence-corrected chi connectivity index (χ2v) is 7.51. The Hall–Kier alpha value is -2.68. The zero-order chi connectivity index (χ0) is 20.4. The van der Waals surface area contributed by atoms with E-state index in [-0.39, 0.29) is 36.2 Å². The highest BCUT2D eigenvalue weighted by atomic mass is 19.1. The summed E-state index contributed by atoms with van der Waals surface area (Å²) in [6, 6.07) is 5.76. The number of amides is 4. The van der Waals surface area contributed by atoms with Crippen LogP contribution in [0.1, 0.15) is 12.8 Å². The number of para-hydroxylation sites is 1. The highest BCUT2D eigenvalue weighted by Crippen LogP contribution is 2.23.